The zero-order valence-corrected chi connectivity index (χ0v) is 8.73. The Labute approximate surface area is 91.7 Å². The van der Waals surface area contributed by atoms with E-state index in [4.69, 9.17) is 14.6 Å². The van der Waals surface area contributed by atoms with Crippen LogP contribution in [0.3, 0.4) is 0 Å². The van der Waals surface area contributed by atoms with Crippen LogP contribution in [-0.2, 0) is 6.61 Å². The smallest absolute Gasteiger partial charge is 0.231 e. The predicted octanol–water partition coefficient (Wildman–Crippen LogP) is 1.16. The van der Waals surface area contributed by atoms with Crippen molar-refractivity contribution in [1.29, 1.82) is 0 Å². The lowest BCUT2D eigenvalue weighted by molar-refractivity contribution is 0.174. The van der Waals surface area contributed by atoms with Crippen molar-refractivity contribution in [3.8, 4) is 11.5 Å². The van der Waals surface area contributed by atoms with Gasteiger partial charge in [-0.25, -0.2) is 9.97 Å². The quantitative estimate of drug-likeness (QED) is 0.778. The second-order valence-electron chi connectivity index (χ2n) is 3.61. The fraction of sp³-hybridized carbons (Fsp3) is 0.273. The van der Waals surface area contributed by atoms with Crippen molar-refractivity contribution in [2.45, 2.75) is 13.5 Å². The monoisotopic (exact) mass is 218 g/mol. The van der Waals surface area contributed by atoms with Crippen molar-refractivity contribution in [2.24, 2.45) is 0 Å². The highest BCUT2D eigenvalue weighted by molar-refractivity contribution is 5.79. The third-order valence-electron chi connectivity index (χ3n) is 2.58. The van der Waals surface area contributed by atoms with E-state index in [0.29, 0.717) is 22.7 Å². The van der Waals surface area contributed by atoms with Gasteiger partial charge in [-0.3, -0.25) is 0 Å². The fourth-order valence-electron chi connectivity index (χ4n) is 1.72. The van der Waals surface area contributed by atoms with Crippen LogP contribution in [0.25, 0.3) is 11.0 Å². The third kappa shape index (κ3) is 1.29. The summed E-state index contributed by atoms with van der Waals surface area (Å²) < 4.78 is 10.5. The van der Waals surface area contributed by atoms with Gasteiger partial charge in [0.2, 0.25) is 6.79 Å². The molecule has 1 aliphatic rings. The van der Waals surface area contributed by atoms with Crippen LogP contribution in [-0.4, -0.2) is 21.9 Å². The molecule has 0 aliphatic carbocycles. The van der Waals surface area contributed by atoms with Gasteiger partial charge in [-0.15, -0.1) is 0 Å². The maximum absolute atomic E-state index is 9.11. The van der Waals surface area contributed by atoms with Gasteiger partial charge in [0.05, 0.1) is 29.0 Å². The molecule has 1 aromatic carbocycles. The van der Waals surface area contributed by atoms with Gasteiger partial charge >= 0.3 is 0 Å². The summed E-state index contributed by atoms with van der Waals surface area (Å²) in [6, 6.07) is 3.59. The van der Waals surface area contributed by atoms with E-state index in [1.807, 2.05) is 6.92 Å². The highest BCUT2D eigenvalue weighted by Gasteiger charge is 2.16. The summed E-state index contributed by atoms with van der Waals surface area (Å²) in [4.78, 5) is 8.69. The van der Waals surface area contributed by atoms with Crippen molar-refractivity contribution in [1.82, 2.24) is 9.97 Å². The van der Waals surface area contributed by atoms with Crippen molar-refractivity contribution in [3.05, 3.63) is 23.5 Å². The summed E-state index contributed by atoms with van der Waals surface area (Å²) in [6.07, 6.45) is 0. The first kappa shape index (κ1) is 9.35. The lowest BCUT2D eigenvalue weighted by atomic mass is 10.2. The molecule has 1 N–H and O–H groups in total. The van der Waals surface area contributed by atoms with Crippen molar-refractivity contribution >= 4 is 11.0 Å². The van der Waals surface area contributed by atoms with Crippen LogP contribution < -0.4 is 9.47 Å². The van der Waals surface area contributed by atoms with E-state index in [1.165, 1.54) is 0 Å². The van der Waals surface area contributed by atoms with E-state index < -0.39 is 0 Å². The molecule has 5 nitrogen and oxygen atoms in total. The fourth-order valence-corrected chi connectivity index (χ4v) is 1.72. The number of hydrogen-bond donors (Lipinski definition) is 1. The molecule has 0 bridgehead atoms. The Balaban J connectivity index is 2.28. The number of rotatable bonds is 1. The van der Waals surface area contributed by atoms with E-state index in [1.54, 1.807) is 12.1 Å². The Hall–Kier alpha value is -1.88. The molecule has 0 saturated carbocycles. The molecule has 0 saturated heterocycles. The number of hydrogen-bond acceptors (Lipinski definition) is 5. The minimum Gasteiger partial charge on any atom is -0.454 e. The Morgan fingerprint density at radius 3 is 2.44 bits per heavy atom. The molecular formula is C11H10N2O3. The lowest BCUT2D eigenvalue weighted by Gasteiger charge is -2.04. The zero-order chi connectivity index (χ0) is 11.1. The van der Waals surface area contributed by atoms with Gasteiger partial charge in [0.25, 0.3) is 0 Å². The summed E-state index contributed by atoms with van der Waals surface area (Å²) in [6.45, 7) is 1.95. The number of ether oxygens (including phenoxy) is 2. The third-order valence-corrected chi connectivity index (χ3v) is 2.58. The van der Waals surface area contributed by atoms with Gasteiger partial charge in [-0.1, -0.05) is 0 Å². The molecule has 3 rings (SSSR count). The Morgan fingerprint density at radius 1 is 1.19 bits per heavy atom. The molecule has 5 heteroatoms. The Morgan fingerprint density at radius 2 is 1.81 bits per heavy atom. The number of aliphatic hydroxyl groups excluding tert-OH is 1. The molecule has 0 spiro atoms. The second kappa shape index (κ2) is 3.31. The lowest BCUT2D eigenvalue weighted by Crippen LogP contribution is -1.98. The molecule has 2 heterocycles. The van der Waals surface area contributed by atoms with Crippen LogP contribution in [0.2, 0.25) is 0 Å². The van der Waals surface area contributed by atoms with Gasteiger partial charge < -0.3 is 14.6 Å². The van der Waals surface area contributed by atoms with Crippen LogP contribution in [0.5, 0.6) is 11.5 Å². The summed E-state index contributed by atoms with van der Waals surface area (Å²) in [5.41, 5.74) is 2.78. The number of benzene rings is 1. The van der Waals surface area contributed by atoms with Gasteiger partial charge in [0, 0.05) is 12.1 Å². The number of nitrogens with zero attached hydrogens (tertiary/aromatic N) is 2. The topological polar surface area (TPSA) is 64.5 Å². The molecule has 0 unspecified atom stereocenters. The summed E-state index contributed by atoms with van der Waals surface area (Å²) >= 11 is 0. The van der Waals surface area contributed by atoms with Gasteiger partial charge in [0.1, 0.15) is 0 Å². The standard InChI is InChI=1S/C11H10N2O3/c1-6-9(4-14)13-8-3-11-10(15-5-16-11)2-7(8)12-6/h2-3,14H,4-5H2,1H3. The first-order valence-corrected chi connectivity index (χ1v) is 4.95. The zero-order valence-electron chi connectivity index (χ0n) is 8.73. The Bertz CT molecular complexity index is 558. The average Bonchev–Trinajstić information content (AvgIpc) is 2.72. The van der Waals surface area contributed by atoms with Gasteiger partial charge in [-0.2, -0.15) is 0 Å². The molecular weight excluding hydrogens is 208 g/mol. The van der Waals surface area contributed by atoms with E-state index in [0.717, 1.165) is 11.2 Å². The minimum absolute atomic E-state index is 0.108. The van der Waals surface area contributed by atoms with Crippen LogP contribution in [0, 0.1) is 6.92 Å². The molecule has 0 fully saturated rings. The summed E-state index contributed by atoms with van der Waals surface area (Å²) in [5, 5.41) is 9.11. The minimum atomic E-state index is -0.108. The molecule has 0 amide bonds. The molecule has 82 valence electrons. The van der Waals surface area contributed by atoms with Gasteiger partial charge in [0.15, 0.2) is 11.5 Å². The number of fused-ring (bicyclic) bond motifs is 2. The van der Waals surface area contributed by atoms with Crippen molar-refractivity contribution < 1.29 is 14.6 Å². The first-order valence-electron chi connectivity index (χ1n) is 4.95. The SMILES string of the molecule is Cc1nc2cc3c(cc2nc1CO)OCO3. The average molecular weight is 218 g/mol. The molecule has 16 heavy (non-hydrogen) atoms. The molecule has 0 radical (unpaired) electrons. The van der Waals surface area contributed by atoms with Crippen LogP contribution >= 0.6 is 0 Å². The van der Waals surface area contributed by atoms with Crippen LogP contribution in [0.1, 0.15) is 11.4 Å². The molecule has 2 aromatic rings. The maximum Gasteiger partial charge on any atom is 0.231 e. The van der Waals surface area contributed by atoms with Gasteiger partial charge in [-0.05, 0) is 6.92 Å². The largest absolute Gasteiger partial charge is 0.454 e. The number of aryl methyl sites for hydroxylation is 1. The highest BCUT2D eigenvalue weighted by Crippen LogP contribution is 2.34. The predicted molar refractivity (Wildman–Crippen MR) is 56.3 cm³/mol. The van der Waals surface area contributed by atoms with E-state index >= 15 is 0 Å². The molecule has 1 aliphatic heterocycles. The van der Waals surface area contributed by atoms with Crippen LogP contribution in [0.15, 0.2) is 12.1 Å². The number of aliphatic hydroxyl groups is 1. The van der Waals surface area contributed by atoms with E-state index in [-0.39, 0.29) is 13.4 Å². The second-order valence-corrected chi connectivity index (χ2v) is 3.61. The normalized spacial score (nSPS) is 13.4. The summed E-state index contributed by atoms with van der Waals surface area (Å²) in [7, 11) is 0. The first-order chi connectivity index (χ1) is 7.78. The molecule has 1 aromatic heterocycles. The highest BCUT2D eigenvalue weighted by atomic mass is 16.7. The number of aromatic nitrogens is 2. The van der Waals surface area contributed by atoms with Crippen LogP contribution in [0.4, 0.5) is 0 Å². The summed E-state index contributed by atoms with van der Waals surface area (Å²) in [5.74, 6) is 1.37. The Kier molecular flexibility index (Phi) is 1.94. The molecule has 0 atom stereocenters. The maximum atomic E-state index is 9.11. The van der Waals surface area contributed by atoms with E-state index in [2.05, 4.69) is 9.97 Å². The van der Waals surface area contributed by atoms with Crippen molar-refractivity contribution in [3.63, 3.8) is 0 Å². The van der Waals surface area contributed by atoms with E-state index in [9.17, 15) is 0 Å². The van der Waals surface area contributed by atoms with Crippen molar-refractivity contribution in [2.75, 3.05) is 6.79 Å².